The van der Waals surface area contributed by atoms with Crippen LogP contribution in [0.2, 0.25) is 0 Å². The van der Waals surface area contributed by atoms with E-state index in [2.05, 4.69) is 4.90 Å². The highest BCUT2D eigenvalue weighted by Crippen LogP contribution is 1.84. The van der Waals surface area contributed by atoms with Crippen LogP contribution < -0.4 is 0 Å². The Hall–Kier alpha value is -0.410. The first-order valence-electron chi connectivity index (χ1n) is 3.30. The van der Waals surface area contributed by atoms with Crippen molar-refractivity contribution in [1.29, 1.82) is 0 Å². The Labute approximate surface area is 62.7 Å². The summed E-state index contributed by atoms with van der Waals surface area (Å²) in [5, 5.41) is 7.00. The van der Waals surface area contributed by atoms with E-state index in [1.54, 1.807) is 0 Å². The molecule has 3 heteroatoms. The van der Waals surface area contributed by atoms with Gasteiger partial charge in [0.1, 0.15) is 6.29 Å². The number of hydrogen-bond acceptors (Lipinski definition) is 3. The Morgan fingerprint density at radius 2 is 1.90 bits per heavy atom. The minimum absolute atomic E-state index is 0.693. The highest BCUT2D eigenvalue weighted by atomic mass is 16.2. The summed E-state index contributed by atoms with van der Waals surface area (Å²) in [5.74, 6) is 0. The minimum Gasteiger partial charge on any atom is -0.400 e. The van der Waals surface area contributed by atoms with Crippen molar-refractivity contribution in [3.05, 3.63) is 0 Å². The Balaban J connectivity index is 0. The summed E-state index contributed by atoms with van der Waals surface area (Å²) in [7, 11) is 5.01. The third-order valence-corrected chi connectivity index (χ3v) is 0.927. The molecule has 0 radical (unpaired) electrons. The lowest BCUT2D eigenvalue weighted by atomic mass is 10.3. The van der Waals surface area contributed by atoms with E-state index in [4.69, 9.17) is 5.11 Å². The Morgan fingerprint density at radius 1 is 1.40 bits per heavy atom. The van der Waals surface area contributed by atoms with Crippen LogP contribution >= 0.6 is 0 Å². The predicted molar refractivity (Wildman–Crippen MR) is 42.0 cm³/mol. The van der Waals surface area contributed by atoms with Gasteiger partial charge in [0.2, 0.25) is 0 Å². The molecule has 0 aliphatic heterocycles. The van der Waals surface area contributed by atoms with Crippen molar-refractivity contribution in [1.82, 2.24) is 4.90 Å². The maximum atomic E-state index is 9.77. The molecule has 0 aromatic carbocycles. The van der Waals surface area contributed by atoms with Gasteiger partial charge in [-0.1, -0.05) is 0 Å². The summed E-state index contributed by atoms with van der Waals surface area (Å²) in [6.07, 6.45) is 2.64. The van der Waals surface area contributed by atoms with Crippen molar-refractivity contribution in [2.24, 2.45) is 0 Å². The van der Waals surface area contributed by atoms with Crippen LogP contribution in [0.1, 0.15) is 12.8 Å². The highest BCUT2D eigenvalue weighted by Gasteiger charge is 1.86. The standard InChI is InChI=1S/C6H13NO.CH4O/c1-7(2)5-3-4-6-8;1-2/h6H,3-5H2,1-2H3;2H,1H3. The fourth-order valence-corrected chi connectivity index (χ4v) is 0.491. The fraction of sp³-hybridized carbons (Fsp3) is 0.857. The van der Waals surface area contributed by atoms with E-state index in [1.807, 2.05) is 14.1 Å². The number of hydrogen-bond donors (Lipinski definition) is 1. The lowest BCUT2D eigenvalue weighted by molar-refractivity contribution is -0.107. The number of nitrogens with zero attached hydrogens (tertiary/aromatic N) is 1. The summed E-state index contributed by atoms with van der Waals surface area (Å²) in [6.45, 7) is 1.01. The van der Waals surface area contributed by atoms with Crippen LogP contribution in [0.5, 0.6) is 0 Å². The van der Waals surface area contributed by atoms with Gasteiger partial charge in [0.15, 0.2) is 0 Å². The van der Waals surface area contributed by atoms with Crippen molar-refractivity contribution in [2.45, 2.75) is 12.8 Å². The van der Waals surface area contributed by atoms with Gasteiger partial charge in [-0.3, -0.25) is 0 Å². The van der Waals surface area contributed by atoms with Gasteiger partial charge in [0, 0.05) is 13.5 Å². The highest BCUT2D eigenvalue weighted by molar-refractivity contribution is 5.48. The van der Waals surface area contributed by atoms with Crippen LogP contribution in [-0.4, -0.2) is 44.0 Å². The monoisotopic (exact) mass is 147 g/mol. The van der Waals surface area contributed by atoms with Crippen molar-refractivity contribution < 1.29 is 9.90 Å². The second kappa shape index (κ2) is 11.4. The van der Waals surface area contributed by atoms with E-state index in [-0.39, 0.29) is 0 Å². The molecule has 0 rings (SSSR count). The lowest BCUT2D eigenvalue weighted by Crippen LogP contribution is -2.12. The van der Waals surface area contributed by atoms with E-state index >= 15 is 0 Å². The molecule has 62 valence electrons. The molecule has 0 aliphatic carbocycles. The third kappa shape index (κ3) is 15.6. The molecule has 0 heterocycles. The third-order valence-electron chi connectivity index (χ3n) is 0.927. The van der Waals surface area contributed by atoms with E-state index in [1.165, 1.54) is 0 Å². The summed E-state index contributed by atoms with van der Waals surface area (Å²) < 4.78 is 0. The quantitative estimate of drug-likeness (QED) is 0.454. The average Bonchev–Trinajstić information content (AvgIpc) is 1.92. The molecule has 0 fully saturated rings. The van der Waals surface area contributed by atoms with Crippen molar-refractivity contribution in [3.8, 4) is 0 Å². The van der Waals surface area contributed by atoms with Gasteiger partial charge in [-0.2, -0.15) is 0 Å². The maximum Gasteiger partial charge on any atom is 0.120 e. The Bertz CT molecular complexity index is 64.6. The molecular formula is C7H17NO2. The van der Waals surface area contributed by atoms with E-state index in [0.29, 0.717) is 6.42 Å². The number of aldehydes is 1. The summed E-state index contributed by atoms with van der Waals surface area (Å²) in [6, 6.07) is 0. The van der Waals surface area contributed by atoms with Gasteiger partial charge in [0.25, 0.3) is 0 Å². The summed E-state index contributed by atoms with van der Waals surface area (Å²) >= 11 is 0. The SMILES string of the molecule is CN(C)CCCC=O.CO. The van der Waals surface area contributed by atoms with Crippen molar-refractivity contribution in [3.63, 3.8) is 0 Å². The summed E-state index contributed by atoms with van der Waals surface area (Å²) in [4.78, 5) is 11.8. The summed E-state index contributed by atoms with van der Waals surface area (Å²) in [5.41, 5.74) is 0. The van der Waals surface area contributed by atoms with Crippen LogP contribution in [0.25, 0.3) is 0 Å². The first-order valence-corrected chi connectivity index (χ1v) is 3.30. The number of aliphatic hydroxyl groups excluding tert-OH is 1. The number of aliphatic hydroxyl groups is 1. The van der Waals surface area contributed by atoms with Crippen molar-refractivity contribution in [2.75, 3.05) is 27.7 Å². The van der Waals surface area contributed by atoms with Crippen LogP contribution in [0.3, 0.4) is 0 Å². The number of rotatable bonds is 4. The fourth-order valence-electron chi connectivity index (χ4n) is 0.491. The largest absolute Gasteiger partial charge is 0.400 e. The van der Waals surface area contributed by atoms with Crippen LogP contribution in [0, 0.1) is 0 Å². The lowest BCUT2D eigenvalue weighted by Gasteiger charge is -2.05. The number of carbonyl (C=O) groups excluding carboxylic acids is 1. The van der Waals surface area contributed by atoms with Gasteiger partial charge < -0.3 is 14.8 Å². The molecule has 0 spiro atoms. The second-order valence-corrected chi connectivity index (χ2v) is 2.11. The molecule has 0 aromatic heterocycles. The molecule has 0 aliphatic rings. The molecule has 10 heavy (non-hydrogen) atoms. The van der Waals surface area contributed by atoms with Gasteiger partial charge >= 0.3 is 0 Å². The van der Waals surface area contributed by atoms with E-state index < -0.39 is 0 Å². The molecule has 0 saturated heterocycles. The molecule has 0 saturated carbocycles. The molecule has 1 N–H and O–H groups in total. The number of carbonyl (C=O) groups is 1. The van der Waals surface area contributed by atoms with Crippen LogP contribution in [-0.2, 0) is 4.79 Å². The second-order valence-electron chi connectivity index (χ2n) is 2.11. The zero-order valence-electron chi connectivity index (χ0n) is 7.00. The average molecular weight is 147 g/mol. The van der Waals surface area contributed by atoms with Crippen LogP contribution in [0.15, 0.2) is 0 Å². The first-order chi connectivity index (χ1) is 4.77. The molecule has 3 nitrogen and oxygen atoms in total. The van der Waals surface area contributed by atoms with E-state index in [9.17, 15) is 4.79 Å². The normalized spacial score (nSPS) is 8.50. The molecule has 0 atom stereocenters. The first kappa shape index (κ1) is 12.3. The predicted octanol–water partition coefficient (Wildman–Crippen LogP) is 0.136. The topological polar surface area (TPSA) is 40.5 Å². The molecule has 0 unspecified atom stereocenters. The van der Waals surface area contributed by atoms with Crippen LogP contribution in [0.4, 0.5) is 0 Å². The Morgan fingerprint density at radius 3 is 2.20 bits per heavy atom. The molecule has 0 aromatic rings. The van der Waals surface area contributed by atoms with Gasteiger partial charge in [0.05, 0.1) is 0 Å². The van der Waals surface area contributed by atoms with Gasteiger partial charge in [-0.05, 0) is 27.1 Å². The van der Waals surface area contributed by atoms with Gasteiger partial charge in [-0.15, -0.1) is 0 Å². The van der Waals surface area contributed by atoms with Crippen molar-refractivity contribution >= 4 is 6.29 Å². The zero-order valence-corrected chi connectivity index (χ0v) is 7.00. The van der Waals surface area contributed by atoms with E-state index in [0.717, 1.165) is 26.4 Å². The smallest absolute Gasteiger partial charge is 0.120 e. The number of unbranched alkanes of at least 4 members (excludes halogenated alkanes) is 1. The zero-order chi connectivity index (χ0) is 8.41. The molecule has 0 amide bonds. The molecular weight excluding hydrogens is 130 g/mol. The minimum atomic E-state index is 0.693. The Kier molecular flexibility index (Phi) is 14.0. The maximum absolute atomic E-state index is 9.77. The van der Waals surface area contributed by atoms with Gasteiger partial charge in [-0.25, -0.2) is 0 Å². The molecule has 0 bridgehead atoms.